The molecule has 16 rings (SSSR count). The molecule has 14 aromatic rings. The molecule has 0 saturated carbocycles. The summed E-state index contributed by atoms with van der Waals surface area (Å²) in [6, 6.07) is 118. The lowest BCUT2D eigenvalue weighted by molar-refractivity contribution is 0.590. The number of benzene rings is 14. The number of nitrogens with zero attached hydrogens (tertiary/aromatic N) is 4. The van der Waals surface area contributed by atoms with Gasteiger partial charge in [0.1, 0.15) is 0 Å². The average molecular weight is 1650 g/mol. The molecule has 0 aliphatic carbocycles. The monoisotopic (exact) mass is 1650 g/mol. The summed E-state index contributed by atoms with van der Waals surface area (Å²) in [5, 5.41) is 0.665. The summed E-state index contributed by atoms with van der Waals surface area (Å²) in [6.45, 7) is 55.1. The van der Waals surface area contributed by atoms with Crippen LogP contribution in [0, 0.1) is 13.8 Å². The number of hydrogen-bond acceptors (Lipinski definition) is 4. The fraction of sp³-hybridized carbons (Fsp3) is 0.288. The third kappa shape index (κ3) is 17.9. The summed E-state index contributed by atoms with van der Waals surface area (Å²) in [4.78, 5) is 9.85. The summed E-state index contributed by atoms with van der Waals surface area (Å²) in [5.74, 6) is 0. The Bertz CT molecular complexity index is 6060. The van der Waals surface area contributed by atoms with Crippen LogP contribution in [-0.2, 0) is 43.3 Å². The molecule has 6 heteroatoms. The zero-order valence-electron chi connectivity index (χ0n) is 76.8. The molecule has 2 aliphatic heterocycles. The number of aryl methyl sites for hydroxylation is 2. The standard InChI is InChI=1S/C58H61BN2.C58H63ClN2.2CH4/c1-38-33-52-54-53(34-38)61(49-30-25-42(56(5,6)7)35-46(49)39-19-15-13-16-20-39)51-32-27-44(58(11,12)41-21-17-14-18-22-41)37-48(51)59(54)47-36-43(57(8,9)10)26-31-50(47)60(52)45-28-23-40(24-29-45)55(2,3)4;1-40-37-52(60(47-30-23-42(24-31-47)55(2,3)4)48-32-25-43(26-33-48)56(5,6)7)54(59)53(38-40)61(49-34-27-45(28-35-49)58(11,12)44-21-17-14-18-22-44)51-36-29-46(57(8,9)10)39-50(51)41-19-15-13-16-20-41;;/h13-37H,1-12H3;13-39H,1-12H3;2*1H4. The van der Waals surface area contributed by atoms with Gasteiger partial charge in [0.2, 0.25) is 0 Å². The Morgan fingerprint density at radius 1 is 0.250 bits per heavy atom. The number of fused-ring (bicyclic) bond motifs is 4. The minimum Gasteiger partial charge on any atom is -0.311 e. The summed E-state index contributed by atoms with van der Waals surface area (Å²) in [7, 11) is 0. The predicted octanol–water partition coefficient (Wildman–Crippen LogP) is 32.7. The Balaban J connectivity index is 0.000000210. The first kappa shape index (κ1) is 90.4. The molecule has 0 bridgehead atoms. The summed E-state index contributed by atoms with van der Waals surface area (Å²) >= 11 is 7.98. The maximum atomic E-state index is 7.98. The van der Waals surface area contributed by atoms with E-state index >= 15 is 0 Å². The van der Waals surface area contributed by atoms with Gasteiger partial charge >= 0.3 is 0 Å². The summed E-state index contributed by atoms with van der Waals surface area (Å²) < 4.78 is 0. The first-order valence-corrected chi connectivity index (χ1v) is 44.3. The third-order valence-corrected chi connectivity index (χ3v) is 26.0. The lowest BCUT2D eigenvalue weighted by atomic mass is 9.33. The van der Waals surface area contributed by atoms with Crippen LogP contribution in [0.5, 0.6) is 0 Å². The highest BCUT2D eigenvalue weighted by Gasteiger charge is 2.46. The number of rotatable bonds is 14. The Morgan fingerprint density at radius 2 is 0.556 bits per heavy atom. The molecular weight excluding hydrogens is 1520 g/mol. The molecule has 2 heterocycles. The molecular formula is C118H132BClN4. The number of anilines is 12. The molecule has 4 nitrogen and oxygen atoms in total. The van der Waals surface area contributed by atoms with E-state index in [2.05, 4.69) is 501 Å². The maximum Gasteiger partial charge on any atom is 0.252 e. The Morgan fingerprint density at radius 3 is 1.00 bits per heavy atom. The van der Waals surface area contributed by atoms with Crippen molar-refractivity contribution in [1.82, 2.24) is 0 Å². The molecule has 0 atom stereocenters. The van der Waals surface area contributed by atoms with Crippen LogP contribution in [0.3, 0.4) is 0 Å². The molecule has 14 aromatic carbocycles. The fourth-order valence-corrected chi connectivity index (χ4v) is 18.2. The Hall–Kier alpha value is -11.4. The van der Waals surface area contributed by atoms with Gasteiger partial charge < -0.3 is 19.6 Å². The SMILES string of the molecule is C.C.Cc1cc(N(c2ccc(C(C)(C)C)cc2)c2ccc(C(C)(C)C)cc2)c(Cl)c(N(c2ccc(C(C)(C)c3ccccc3)cc2)c2ccc(C(C)(C)C)cc2-c2ccccc2)c1.Cc1cc2c3c(c1)N(c1ccc(C(C)(C)C)cc1-c1ccccc1)c1ccc(C(C)(C)c4ccccc4)cc1B3c1cc(C(C)(C)C)ccc1N2c1ccc(C(C)(C)C)cc1. The van der Waals surface area contributed by atoms with Crippen molar-refractivity contribution in [2.75, 3.05) is 19.6 Å². The van der Waals surface area contributed by atoms with Crippen molar-refractivity contribution in [3.05, 3.63) is 387 Å². The lowest BCUT2D eigenvalue weighted by Crippen LogP contribution is -2.61. The minimum atomic E-state index is -0.216. The van der Waals surface area contributed by atoms with Crippen molar-refractivity contribution >= 4 is 103 Å². The van der Waals surface area contributed by atoms with Gasteiger partial charge in [-0.2, -0.15) is 0 Å². The minimum absolute atomic E-state index is 0. The molecule has 634 valence electrons. The van der Waals surface area contributed by atoms with Crippen LogP contribution in [0.2, 0.25) is 5.02 Å². The second-order valence-corrected chi connectivity index (χ2v) is 41.9. The van der Waals surface area contributed by atoms with E-state index in [0.717, 1.165) is 50.8 Å². The fourth-order valence-electron chi connectivity index (χ4n) is 17.9. The van der Waals surface area contributed by atoms with Gasteiger partial charge in [0.15, 0.2) is 0 Å². The zero-order valence-corrected chi connectivity index (χ0v) is 77.5. The molecule has 0 fully saturated rings. The first-order valence-electron chi connectivity index (χ1n) is 43.9. The molecule has 0 amide bonds. The van der Waals surface area contributed by atoms with Gasteiger partial charge in [-0.25, -0.2) is 0 Å². The molecule has 0 saturated heterocycles. The van der Waals surface area contributed by atoms with Crippen molar-refractivity contribution < 1.29 is 0 Å². The van der Waals surface area contributed by atoms with E-state index in [0.29, 0.717) is 5.02 Å². The van der Waals surface area contributed by atoms with Gasteiger partial charge in [0, 0.05) is 67.5 Å². The average Bonchev–Trinajstić information content (AvgIpc) is 0.690. The molecule has 0 N–H and O–H groups in total. The van der Waals surface area contributed by atoms with Gasteiger partial charge in [0.25, 0.3) is 6.71 Å². The van der Waals surface area contributed by atoms with E-state index in [4.69, 9.17) is 11.6 Å². The predicted molar refractivity (Wildman–Crippen MR) is 544 cm³/mol. The zero-order chi connectivity index (χ0) is 87.1. The van der Waals surface area contributed by atoms with Crippen molar-refractivity contribution in [3.8, 4) is 22.3 Å². The normalized spacial score (nSPS) is 12.9. The molecule has 0 unspecified atom stereocenters. The van der Waals surface area contributed by atoms with Crippen molar-refractivity contribution in [1.29, 1.82) is 0 Å². The maximum absolute atomic E-state index is 7.98. The van der Waals surface area contributed by atoms with Gasteiger partial charge in [-0.1, -0.05) is 385 Å². The van der Waals surface area contributed by atoms with Crippen molar-refractivity contribution in [2.45, 2.75) is 224 Å². The van der Waals surface area contributed by atoms with E-state index in [1.165, 1.54) is 123 Å². The van der Waals surface area contributed by atoms with E-state index in [9.17, 15) is 0 Å². The summed E-state index contributed by atoms with van der Waals surface area (Å²) in [5.41, 5.74) is 37.1. The summed E-state index contributed by atoms with van der Waals surface area (Å²) in [6.07, 6.45) is 0. The van der Waals surface area contributed by atoms with Gasteiger partial charge in [0.05, 0.1) is 27.8 Å². The van der Waals surface area contributed by atoms with E-state index in [1.54, 1.807) is 0 Å². The smallest absolute Gasteiger partial charge is 0.252 e. The largest absolute Gasteiger partial charge is 0.311 e. The van der Waals surface area contributed by atoms with Crippen LogP contribution in [0.15, 0.2) is 315 Å². The quantitative estimate of drug-likeness (QED) is 0.101. The van der Waals surface area contributed by atoms with Crippen molar-refractivity contribution in [2.24, 2.45) is 0 Å². The van der Waals surface area contributed by atoms with Crippen LogP contribution in [0.25, 0.3) is 22.3 Å². The Labute approximate surface area is 751 Å². The first-order chi connectivity index (χ1) is 57.5. The van der Waals surface area contributed by atoms with Crippen LogP contribution in [0.1, 0.15) is 234 Å². The number of hydrogen-bond donors (Lipinski definition) is 0. The van der Waals surface area contributed by atoms with Gasteiger partial charge in [-0.15, -0.1) is 0 Å². The molecule has 2 aliphatic rings. The van der Waals surface area contributed by atoms with Crippen LogP contribution in [0.4, 0.5) is 68.2 Å². The van der Waals surface area contributed by atoms with Crippen LogP contribution >= 0.6 is 11.6 Å². The van der Waals surface area contributed by atoms with E-state index < -0.39 is 0 Å². The van der Waals surface area contributed by atoms with Gasteiger partial charge in [-0.3, -0.25) is 0 Å². The topological polar surface area (TPSA) is 13.0 Å². The Kier molecular flexibility index (Phi) is 25.0. The number of halogens is 1. The second-order valence-electron chi connectivity index (χ2n) is 41.5. The van der Waals surface area contributed by atoms with Crippen LogP contribution in [-0.4, -0.2) is 6.71 Å². The van der Waals surface area contributed by atoms with Gasteiger partial charge in [-0.05, 0) is 250 Å². The molecule has 0 aromatic heterocycles. The molecule has 124 heavy (non-hydrogen) atoms. The highest BCUT2D eigenvalue weighted by atomic mass is 35.5. The third-order valence-electron chi connectivity index (χ3n) is 25.6. The second kappa shape index (κ2) is 34.3. The van der Waals surface area contributed by atoms with Crippen LogP contribution < -0.4 is 36.0 Å². The lowest BCUT2D eigenvalue weighted by Gasteiger charge is -2.45. The molecule has 0 spiro atoms. The van der Waals surface area contributed by atoms with E-state index in [-0.39, 0.29) is 64.9 Å². The highest BCUT2D eigenvalue weighted by molar-refractivity contribution is 7.00. The van der Waals surface area contributed by atoms with Crippen molar-refractivity contribution in [3.63, 3.8) is 0 Å². The van der Waals surface area contributed by atoms with E-state index in [1.807, 2.05) is 0 Å². The molecule has 0 radical (unpaired) electrons. The highest BCUT2D eigenvalue weighted by Crippen LogP contribution is 2.54.